The third-order valence-electron chi connectivity index (χ3n) is 2.53. The highest BCUT2D eigenvalue weighted by Crippen LogP contribution is 2.26. The number of rotatable bonds is 5. The highest BCUT2D eigenvalue weighted by molar-refractivity contribution is 8.14. The minimum Gasteiger partial charge on any atom is -0.468 e. The van der Waals surface area contributed by atoms with Gasteiger partial charge in [0.15, 0.2) is 0 Å². The number of aliphatic imine (C=N–C) groups is 1. The van der Waals surface area contributed by atoms with Gasteiger partial charge >= 0.3 is 5.97 Å². The number of methoxy groups -OCH3 is 1. The highest BCUT2D eigenvalue weighted by Gasteiger charge is 2.27. The number of hydrogen-bond donors (Lipinski definition) is 0. The van der Waals surface area contributed by atoms with E-state index in [0.29, 0.717) is 11.5 Å². The molecule has 5 heteroatoms. The summed E-state index contributed by atoms with van der Waals surface area (Å²) in [4.78, 5) is 26.4. The Kier molecular flexibility index (Phi) is 6.29. The number of nitrogens with zero attached hydrogens (tertiary/aromatic N) is 1. The quantitative estimate of drug-likeness (QED) is 0.360. The zero-order valence-electron chi connectivity index (χ0n) is 11.3. The van der Waals surface area contributed by atoms with Crippen LogP contribution in [0.3, 0.4) is 0 Å². The van der Waals surface area contributed by atoms with Crippen LogP contribution in [0.4, 0.5) is 0 Å². The van der Waals surface area contributed by atoms with Crippen molar-refractivity contribution in [3.8, 4) is 0 Å². The maximum absolute atomic E-state index is 12.0. The summed E-state index contributed by atoms with van der Waals surface area (Å²) in [6.07, 6.45) is 0.462. The summed E-state index contributed by atoms with van der Waals surface area (Å²) in [5, 5.41) is 0.468. The van der Waals surface area contributed by atoms with Crippen molar-refractivity contribution in [3.05, 3.63) is 35.4 Å². The van der Waals surface area contributed by atoms with E-state index in [9.17, 15) is 9.59 Å². The first-order chi connectivity index (χ1) is 9.13. The van der Waals surface area contributed by atoms with Gasteiger partial charge in [0.2, 0.25) is 6.41 Å². The molecule has 0 saturated heterocycles. The van der Waals surface area contributed by atoms with Crippen LogP contribution in [0, 0.1) is 6.92 Å². The first-order valence-corrected chi connectivity index (χ1v) is 6.91. The first kappa shape index (κ1) is 15.4. The van der Waals surface area contributed by atoms with Crippen LogP contribution in [0.2, 0.25) is 0 Å². The number of esters is 1. The van der Waals surface area contributed by atoms with Crippen molar-refractivity contribution < 1.29 is 14.3 Å². The smallest absolute Gasteiger partial charge is 0.319 e. The highest BCUT2D eigenvalue weighted by atomic mass is 32.2. The first-order valence-electron chi connectivity index (χ1n) is 5.92. The lowest BCUT2D eigenvalue weighted by atomic mass is 9.98. The van der Waals surface area contributed by atoms with Gasteiger partial charge in [-0.25, -0.2) is 4.99 Å². The summed E-state index contributed by atoms with van der Waals surface area (Å²) in [5.41, 5.74) is 1.83. The van der Waals surface area contributed by atoms with E-state index in [0.717, 1.165) is 16.9 Å². The molecular weight excluding hydrogens is 262 g/mol. The molecule has 0 aliphatic carbocycles. The molecule has 0 heterocycles. The molecule has 0 radical (unpaired) electrons. The summed E-state index contributed by atoms with van der Waals surface area (Å²) in [6.45, 7) is 3.89. The Labute approximate surface area is 117 Å². The number of benzene rings is 1. The number of carbonyl (C=O) groups is 2. The fourth-order valence-corrected chi connectivity index (χ4v) is 2.55. The molecule has 0 aliphatic rings. The number of carbonyl (C=O) groups excluding carboxylic acids is 2. The van der Waals surface area contributed by atoms with Crippen molar-refractivity contribution in [1.82, 2.24) is 0 Å². The van der Waals surface area contributed by atoms with E-state index in [-0.39, 0.29) is 0 Å². The molecule has 1 aromatic rings. The monoisotopic (exact) mass is 279 g/mol. The average Bonchev–Trinajstić information content (AvgIpc) is 2.39. The summed E-state index contributed by atoms with van der Waals surface area (Å²) < 4.78 is 4.83. The lowest BCUT2D eigenvalue weighted by Gasteiger charge is -2.16. The lowest BCUT2D eigenvalue weighted by Crippen LogP contribution is -2.22. The van der Waals surface area contributed by atoms with Gasteiger partial charge in [-0.15, -0.1) is 11.8 Å². The number of ether oxygens (including phenoxy) is 1. The van der Waals surface area contributed by atoms with Crippen LogP contribution in [0.5, 0.6) is 0 Å². The Balaban J connectivity index is 3.24. The predicted octanol–water partition coefficient (Wildman–Crippen LogP) is 2.56. The molecule has 0 saturated carbocycles. The standard InChI is InChI=1S/C14H17NO3S/c1-4-19-13(15-9-16)12(14(17)18-3)11-7-5-6-10(2)8-11/h5-9,12H,4H2,1-3H3. The van der Waals surface area contributed by atoms with Crippen LogP contribution < -0.4 is 0 Å². The Morgan fingerprint density at radius 3 is 2.79 bits per heavy atom. The number of hydrogen-bond acceptors (Lipinski definition) is 4. The van der Waals surface area contributed by atoms with Crippen LogP contribution in [-0.4, -0.2) is 30.3 Å². The molecule has 19 heavy (non-hydrogen) atoms. The molecule has 1 rings (SSSR count). The molecule has 0 spiro atoms. The van der Waals surface area contributed by atoms with Gasteiger partial charge in [-0.3, -0.25) is 9.59 Å². The maximum Gasteiger partial charge on any atom is 0.319 e. The minimum atomic E-state index is -0.639. The van der Waals surface area contributed by atoms with Gasteiger partial charge in [0.25, 0.3) is 0 Å². The zero-order valence-corrected chi connectivity index (χ0v) is 12.1. The fraction of sp³-hybridized carbons (Fsp3) is 0.357. The zero-order chi connectivity index (χ0) is 14.3. The third-order valence-corrected chi connectivity index (χ3v) is 3.46. The van der Waals surface area contributed by atoms with Crippen molar-refractivity contribution in [3.63, 3.8) is 0 Å². The molecule has 0 aliphatic heterocycles. The van der Waals surface area contributed by atoms with Crippen LogP contribution in [0.15, 0.2) is 29.3 Å². The molecule has 0 bridgehead atoms. The Bertz CT molecular complexity index is 485. The summed E-state index contributed by atoms with van der Waals surface area (Å²) >= 11 is 1.37. The van der Waals surface area contributed by atoms with Gasteiger partial charge in [-0.05, 0) is 18.2 Å². The van der Waals surface area contributed by atoms with Gasteiger partial charge in [0.1, 0.15) is 5.92 Å². The second kappa shape index (κ2) is 7.74. The van der Waals surface area contributed by atoms with Crippen LogP contribution >= 0.6 is 11.8 Å². The molecule has 102 valence electrons. The molecule has 1 aromatic carbocycles. The number of thioether (sulfide) groups is 1. The van der Waals surface area contributed by atoms with Crippen molar-refractivity contribution in [1.29, 1.82) is 0 Å². The molecule has 1 unspecified atom stereocenters. The van der Waals surface area contributed by atoms with Crippen LogP contribution in [0.1, 0.15) is 24.0 Å². The normalized spacial score (nSPS) is 12.9. The van der Waals surface area contributed by atoms with E-state index in [1.807, 2.05) is 38.1 Å². The molecule has 0 aromatic heterocycles. The molecule has 4 nitrogen and oxygen atoms in total. The van der Waals surface area contributed by atoms with Gasteiger partial charge in [-0.2, -0.15) is 0 Å². The Morgan fingerprint density at radius 1 is 1.53 bits per heavy atom. The van der Waals surface area contributed by atoms with E-state index in [4.69, 9.17) is 4.74 Å². The second-order valence-corrected chi connectivity index (χ2v) is 5.16. The number of amides is 1. The fourth-order valence-electron chi connectivity index (χ4n) is 1.74. The minimum absolute atomic E-state index is 0.410. The molecular formula is C14H17NO3S. The predicted molar refractivity (Wildman–Crippen MR) is 77.6 cm³/mol. The van der Waals surface area contributed by atoms with Crippen molar-refractivity contribution >= 4 is 29.2 Å². The maximum atomic E-state index is 12.0. The Hall–Kier alpha value is -1.62. The largest absolute Gasteiger partial charge is 0.468 e. The summed E-state index contributed by atoms with van der Waals surface area (Å²) in [5.74, 6) is -0.321. The topological polar surface area (TPSA) is 55.7 Å². The number of aryl methyl sites for hydroxylation is 1. The summed E-state index contributed by atoms with van der Waals surface area (Å²) in [6, 6.07) is 7.56. The van der Waals surface area contributed by atoms with Crippen molar-refractivity contribution in [2.24, 2.45) is 4.99 Å². The van der Waals surface area contributed by atoms with Gasteiger partial charge in [-0.1, -0.05) is 36.8 Å². The van der Waals surface area contributed by atoms with Gasteiger partial charge < -0.3 is 4.74 Å². The SMILES string of the molecule is CCSC(=NC=O)C(C(=O)OC)c1cccc(C)c1. The molecule has 0 fully saturated rings. The van der Waals surface area contributed by atoms with Crippen molar-refractivity contribution in [2.45, 2.75) is 19.8 Å². The van der Waals surface area contributed by atoms with Crippen LogP contribution in [-0.2, 0) is 14.3 Å². The van der Waals surface area contributed by atoms with E-state index < -0.39 is 11.9 Å². The molecule has 1 amide bonds. The lowest BCUT2D eigenvalue weighted by molar-refractivity contribution is -0.140. The second-order valence-electron chi connectivity index (χ2n) is 3.88. The molecule has 0 N–H and O–H groups in total. The summed E-state index contributed by atoms with van der Waals surface area (Å²) in [7, 11) is 1.33. The molecule has 1 atom stereocenters. The van der Waals surface area contributed by atoms with Gasteiger partial charge in [0, 0.05) is 0 Å². The van der Waals surface area contributed by atoms with E-state index in [1.54, 1.807) is 0 Å². The van der Waals surface area contributed by atoms with Gasteiger partial charge in [0.05, 0.1) is 12.2 Å². The van der Waals surface area contributed by atoms with E-state index >= 15 is 0 Å². The van der Waals surface area contributed by atoms with E-state index in [2.05, 4.69) is 4.99 Å². The van der Waals surface area contributed by atoms with Crippen molar-refractivity contribution in [2.75, 3.05) is 12.9 Å². The van der Waals surface area contributed by atoms with E-state index in [1.165, 1.54) is 18.9 Å². The Morgan fingerprint density at radius 2 is 2.26 bits per heavy atom. The third kappa shape index (κ3) is 4.21. The van der Waals surface area contributed by atoms with Crippen LogP contribution in [0.25, 0.3) is 0 Å². The average molecular weight is 279 g/mol.